The molecule has 94 valence electrons. The fourth-order valence-electron chi connectivity index (χ4n) is 1.58. The fourth-order valence-corrected chi connectivity index (χ4v) is 2.59. The van der Waals surface area contributed by atoms with Crippen molar-refractivity contribution in [3.05, 3.63) is 59.2 Å². The minimum atomic E-state index is -0.816. The van der Waals surface area contributed by atoms with Gasteiger partial charge in [0, 0.05) is 16.3 Å². The van der Waals surface area contributed by atoms with Crippen molar-refractivity contribution in [2.75, 3.05) is 5.73 Å². The van der Waals surface area contributed by atoms with Crippen LogP contribution in [0.15, 0.2) is 41.3 Å². The number of thioether (sulfide) groups is 1. The molecule has 0 fully saturated rings. The van der Waals surface area contributed by atoms with Gasteiger partial charge in [0.1, 0.15) is 0 Å². The maximum atomic E-state index is 13.0. The number of hydrogen-bond acceptors (Lipinski definition) is 2. The first kappa shape index (κ1) is 12.9. The molecule has 0 saturated carbocycles. The Bertz CT molecular complexity index is 570. The second-order valence-electron chi connectivity index (χ2n) is 4.01. The van der Waals surface area contributed by atoms with Crippen molar-refractivity contribution in [2.24, 2.45) is 0 Å². The summed E-state index contributed by atoms with van der Waals surface area (Å²) in [6, 6.07) is 9.66. The van der Waals surface area contributed by atoms with Crippen molar-refractivity contribution in [3.63, 3.8) is 0 Å². The Morgan fingerprint density at radius 2 is 1.89 bits per heavy atom. The van der Waals surface area contributed by atoms with E-state index >= 15 is 0 Å². The van der Waals surface area contributed by atoms with Crippen molar-refractivity contribution < 1.29 is 8.78 Å². The third-order valence-corrected chi connectivity index (χ3v) is 3.94. The molecule has 0 aliphatic rings. The van der Waals surface area contributed by atoms with Crippen LogP contribution < -0.4 is 5.73 Å². The van der Waals surface area contributed by atoms with E-state index in [1.54, 1.807) is 17.8 Å². The summed E-state index contributed by atoms with van der Waals surface area (Å²) in [5.41, 5.74) is 8.32. The Kier molecular flexibility index (Phi) is 3.87. The van der Waals surface area contributed by atoms with E-state index in [1.807, 2.05) is 25.1 Å². The molecule has 2 aromatic carbocycles. The molecule has 0 aliphatic carbocycles. The normalized spacial score (nSPS) is 10.6. The number of nitrogens with two attached hydrogens (primary N) is 1. The van der Waals surface area contributed by atoms with Gasteiger partial charge in [0.25, 0.3) is 0 Å². The van der Waals surface area contributed by atoms with Crippen LogP contribution in [0, 0.1) is 18.6 Å². The van der Waals surface area contributed by atoms with Crippen LogP contribution in [0.3, 0.4) is 0 Å². The number of benzene rings is 2. The van der Waals surface area contributed by atoms with Crippen LogP contribution in [0.4, 0.5) is 14.5 Å². The number of nitrogen functional groups attached to an aromatic ring is 1. The molecule has 2 rings (SSSR count). The molecule has 18 heavy (non-hydrogen) atoms. The molecule has 0 atom stereocenters. The van der Waals surface area contributed by atoms with Crippen LogP contribution in [0.1, 0.15) is 11.1 Å². The van der Waals surface area contributed by atoms with Crippen molar-refractivity contribution in [1.29, 1.82) is 0 Å². The topological polar surface area (TPSA) is 26.0 Å². The van der Waals surface area contributed by atoms with E-state index in [0.717, 1.165) is 27.8 Å². The van der Waals surface area contributed by atoms with Gasteiger partial charge in [0.2, 0.25) is 0 Å². The molecular formula is C14H13F2NS. The van der Waals surface area contributed by atoms with E-state index in [1.165, 1.54) is 6.07 Å². The lowest BCUT2D eigenvalue weighted by atomic mass is 10.2. The zero-order valence-corrected chi connectivity index (χ0v) is 10.7. The quantitative estimate of drug-likeness (QED) is 0.666. The monoisotopic (exact) mass is 265 g/mol. The minimum absolute atomic E-state index is 0.585. The number of rotatable bonds is 3. The van der Waals surface area contributed by atoms with Gasteiger partial charge < -0.3 is 5.73 Å². The Labute approximate surface area is 109 Å². The summed E-state index contributed by atoms with van der Waals surface area (Å²) >= 11 is 1.56. The van der Waals surface area contributed by atoms with E-state index in [4.69, 9.17) is 5.73 Å². The molecule has 0 unspecified atom stereocenters. The lowest BCUT2D eigenvalue weighted by molar-refractivity contribution is 0.507. The number of anilines is 1. The van der Waals surface area contributed by atoms with Crippen LogP contribution in [-0.2, 0) is 5.75 Å². The summed E-state index contributed by atoms with van der Waals surface area (Å²) in [5.74, 6) is -1.04. The number of halogens is 2. The molecule has 0 radical (unpaired) electrons. The van der Waals surface area contributed by atoms with E-state index in [2.05, 4.69) is 0 Å². The Balaban J connectivity index is 2.11. The van der Waals surface area contributed by atoms with Gasteiger partial charge in [-0.2, -0.15) is 0 Å². The molecular weight excluding hydrogens is 252 g/mol. The second kappa shape index (κ2) is 5.40. The van der Waals surface area contributed by atoms with Gasteiger partial charge in [-0.05, 0) is 42.3 Å². The first-order valence-electron chi connectivity index (χ1n) is 5.50. The number of hydrogen-bond donors (Lipinski definition) is 1. The van der Waals surface area contributed by atoms with Gasteiger partial charge in [-0.25, -0.2) is 8.78 Å². The third-order valence-electron chi connectivity index (χ3n) is 2.70. The second-order valence-corrected chi connectivity index (χ2v) is 5.02. The average Bonchev–Trinajstić information content (AvgIpc) is 2.35. The van der Waals surface area contributed by atoms with Gasteiger partial charge in [0.15, 0.2) is 11.6 Å². The zero-order chi connectivity index (χ0) is 13.1. The van der Waals surface area contributed by atoms with Gasteiger partial charge in [-0.1, -0.05) is 12.1 Å². The largest absolute Gasteiger partial charge is 0.398 e. The molecule has 0 saturated heterocycles. The highest BCUT2D eigenvalue weighted by molar-refractivity contribution is 7.98. The first-order chi connectivity index (χ1) is 8.58. The standard InChI is InChI=1S/C14H13F2NS/c1-9-13(17)3-2-4-14(9)18-8-10-5-6-11(15)12(16)7-10/h2-7H,8,17H2,1H3. The Morgan fingerprint density at radius 3 is 2.61 bits per heavy atom. The lowest BCUT2D eigenvalue weighted by Gasteiger charge is -2.08. The predicted octanol–water partition coefficient (Wildman–Crippen LogP) is 4.15. The smallest absolute Gasteiger partial charge is 0.159 e. The molecule has 2 N–H and O–H groups in total. The van der Waals surface area contributed by atoms with Crippen molar-refractivity contribution in [1.82, 2.24) is 0 Å². The van der Waals surface area contributed by atoms with E-state index < -0.39 is 11.6 Å². The first-order valence-corrected chi connectivity index (χ1v) is 6.48. The van der Waals surface area contributed by atoms with Crippen molar-refractivity contribution in [3.8, 4) is 0 Å². The fraction of sp³-hybridized carbons (Fsp3) is 0.143. The summed E-state index contributed by atoms with van der Waals surface area (Å²) in [6.07, 6.45) is 0. The Morgan fingerprint density at radius 1 is 1.11 bits per heavy atom. The van der Waals surface area contributed by atoms with Crippen LogP contribution in [0.5, 0.6) is 0 Å². The van der Waals surface area contributed by atoms with Gasteiger partial charge in [-0.3, -0.25) is 0 Å². The Hall–Kier alpha value is -1.55. The van der Waals surface area contributed by atoms with E-state index in [0.29, 0.717) is 5.75 Å². The summed E-state index contributed by atoms with van der Waals surface area (Å²) in [4.78, 5) is 1.06. The molecule has 0 aromatic heterocycles. The average molecular weight is 265 g/mol. The van der Waals surface area contributed by atoms with Gasteiger partial charge >= 0.3 is 0 Å². The van der Waals surface area contributed by atoms with Gasteiger partial charge in [-0.15, -0.1) is 11.8 Å². The predicted molar refractivity (Wildman–Crippen MR) is 71.5 cm³/mol. The molecule has 2 aromatic rings. The SMILES string of the molecule is Cc1c(N)cccc1SCc1ccc(F)c(F)c1. The summed E-state index contributed by atoms with van der Waals surface area (Å²) in [5, 5.41) is 0. The van der Waals surface area contributed by atoms with Crippen LogP contribution in [0.2, 0.25) is 0 Å². The highest BCUT2D eigenvalue weighted by atomic mass is 32.2. The molecule has 0 aliphatic heterocycles. The molecule has 1 nitrogen and oxygen atoms in total. The highest BCUT2D eigenvalue weighted by Gasteiger charge is 2.05. The minimum Gasteiger partial charge on any atom is -0.398 e. The van der Waals surface area contributed by atoms with Gasteiger partial charge in [0.05, 0.1) is 0 Å². The zero-order valence-electron chi connectivity index (χ0n) is 9.91. The maximum absolute atomic E-state index is 13.0. The van der Waals surface area contributed by atoms with Crippen LogP contribution in [0.25, 0.3) is 0 Å². The van der Waals surface area contributed by atoms with E-state index in [-0.39, 0.29) is 0 Å². The molecule has 0 bridgehead atoms. The summed E-state index contributed by atoms with van der Waals surface area (Å²) in [7, 11) is 0. The van der Waals surface area contributed by atoms with Crippen LogP contribution in [-0.4, -0.2) is 0 Å². The molecule has 0 amide bonds. The lowest BCUT2D eigenvalue weighted by Crippen LogP contribution is -1.92. The van der Waals surface area contributed by atoms with E-state index in [9.17, 15) is 8.78 Å². The molecule has 0 spiro atoms. The van der Waals surface area contributed by atoms with Crippen LogP contribution >= 0.6 is 11.8 Å². The maximum Gasteiger partial charge on any atom is 0.159 e. The van der Waals surface area contributed by atoms with Crippen molar-refractivity contribution >= 4 is 17.4 Å². The van der Waals surface area contributed by atoms with Crippen molar-refractivity contribution in [2.45, 2.75) is 17.6 Å². The molecule has 0 heterocycles. The summed E-state index contributed by atoms with van der Waals surface area (Å²) < 4.78 is 25.8. The molecule has 4 heteroatoms. The third kappa shape index (κ3) is 2.82. The summed E-state index contributed by atoms with van der Waals surface area (Å²) in [6.45, 7) is 1.95. The highest BCUT2D eigenvalue weighted by Crippen LogP contribution is 2.29.